The van der Waals surface area contributed by atoms with Crippen molar-refractivity contribution >= 4 is 24.4 Å². The molecule has 0 fully saturated rings. The second kappa shape index (κ2) is 9.42. The molecule has 0 N–H and O–H groups in total. The van der Waals surface area contributed by atoms with Crippen LogP contribution in [0, 0.1) is 13.8 Å². The number of unbranched alkanes of at least 4 members (excludes halogenated alkanes) is 2. The Morgan fingerprint density at radius 1 is 0.920 bits per heavy atom. The number of rotatable bonds is 8. The lowest BCUT2D eigenvalue weighted by Gasteiger charge is -2.12. The maximum Gasteiger partial charge on any atom is 0.311 e. The van der Waals surface area contributed by atoms with Gasteiger partial charge in [-0.05, 0) is 55.7 Å². The van der Waals surface area contributed by atoms with Gasteiger partial charge in [0.1, 0.15) is 5.75 Å². The lowest BCUT2D eigenvalue weighted by molar-refractivity contribution is -0.134. The molecule has 0 aromatic heterocycles. The van der Waals surface area contributed by atoms with E-state index in [1.54, 1.807) is 24.3 Å². The third kappa shape index (κ3) is 5.46. The van der Waals surface area contributed by atoms with Crippen LogP contribution in [0.25, 0.3) is 0 Å². The van der Waals surface area contributed by atoms with Crippen LogP contribution in [-0.2, 0) is 4.79 Å². The molecule has 25 heavy (non-hydrogen) atoms. The Hall–Kier alpha value is -2.07. The van der Waals surface area contributed by atoms with Gasteiger partial charge in [0.05, 0.1) is 0 Å². The fourth-order valence-electron chi connectivity index (χ4n) is 2.72. The van der Waals surface area contributed by atoms with Crippen LogP contribution in [0.4, 0.5) is 0 Å². The molecular weight excluding hydrogens is 332 g/mol. The highest BCUT2D eigenvalue weighted by Crippen LogP contribution is 2.26. The van der Waals surface area contributed by atoms with Crippen molar-refractivity contribution in [1.29, 1.82) is 0 Å². The van der Waals surface area contributed by atoms with Crippen LogP contribution in [0.2, 0.25) is 0 Å². The summed E-state index contributed by atoms with van der Waals surface area (Å²) in [6.07, 6.45) is 3.19. The van der Waals surface area contributed by atoms with Gasteiger partial charge in [0.25, 0.3) is 0 Å². The zero-order valence-corrected chi connectivity index (χ0v) is 15.6. The predicted octanol–water partition coefficient (Wildman–Crippen LogP) is 4.93. The molecule has 0 aliphatic carbocycles. The molecule has 0 saturated heterocycles. The average Bonchev–Trinajstić information content (AvgIpc) is 2.62. The number of carbonyl (C=O) groups excluding carboxylic acids is 2. The summed E-state index contributed by atoms with van der Waals surface area (Å²) in [6.45, 7) is 3.72. The number of benzene rings is 2. The molecule has 2 aromatic rings. The second-order valence-electron chi connectivity index (χ2n) is 6.14. The van der Waals surface area contributed by atoms with Gasteiger partial charge in [0.15, 0.2) is 5.78 Å². The molecule has 0 amide bonds. The molecule has 4 heteroatoms. The fraction of sp³-hybridized carbons (Fsp3) is 0.333. The van der Waals surface area contributed by atoms with Crippen molar-refractivity contribution in [3.8, 4) is 5.75 Å². The van der Waals surface area contributed by atoms with Gasteiger partial charge in [0.2, 0.25) is 0 Å². The van der Waals surface area contributed by atoms with Gasteiger partial charge < -0.3 is 4.74 Å². The van der Waals surface area contributed by atoms with E-state index in [9.17, 15) is 9.59 Å². The molecule has 0 aliphatic heterocycles. The van der Waals surface area contributed by atoms with Crippen molar-refractivity contribution < 1.29 is 14.3 Å². The monoisotopic (exact) mass is 356 g/mol. The molecule has 0 saturated carbocycles. The van der Waals surface area contributed by atoms with Gasteiger partial charge in [-0.25, -0.2) is 0 Å². The van der Waals surface area contributed by atoms with Gasteiger partial charge in [0, 0.05) is 17.5 Å². The van der Waals surface area contributed by atoms with E-state index >= 15 is 0 Å². The number of hydrogen-bond donors (Lipinski definition) is 1. The summed E-state index contributed by atoms with van der Waals surface area (Å²) in [5, 5.41) is 0. The van der Waals surface area contributed by atoms with E-state index in [1.165, 1.54) is 0 Å². The Labute approximate surface area is 154 Å². The van der Waals surface area contributed by atoms with Crippen LogP contribution in [0.5, 0.6) is 5.75 Å². The Bertz CT molecular complexity index is 715. The highest BCUT2D eigenvalue weighted by atomic mass is 32.1. The van der Waals surface area contributed by atoms with Crippen LogP contribution in [-0.4, -0.2) is 17.5 Å². The Kier molecular flexibility index (Phi) is 7.26. The van der Waals surface area contributed by atoms with Gasteiger partial charge in [-0.1, -0.05) is 36.8 Å². The molecule has 2 aromatic carbocycles. The predicted molar refractivity (Wildman–Crippen MR) is 104 cm³/mol. The third-order valence-electron chi connectivity index (χ3n) is 4.01. The SMILES string of the molecule is Cc1cc(C(=O)c2ccccc2)cc(C)c1OC(=O)CCCCCS. The van der Waals surface area contributed by atoms with Crippen molar-refractivity contribution in [2.24, 2.45) is 0 Å². The van der Waals surface area contributed by atoms with E-state index in [2.05, 4.69) is 12.6 Å². The lowest BCUT2D eigenvalue weighted by atomic mass is 9.98. The van der Waals surface area contributed by atoms with Crippen LogP contribution in [0.3, 0.4) is 0 Å². The van der Waals surface area contributed by atoms with Crippen molar-refractivity contribution in [3.05, 3.63) is 64.7 Å². The first-order valence-corrected chi connectivity index (χ1v) is 9.18. The van der Waals surface area contributed by atoms with Gasteiger partial charge >= 0.3 is 5.97 Å². The molecule has 0 unspecified atom stereocenters. The van der Waals surface area contributed by atoms with E-state index in [4.69, 9.17) is 4.74 Å². The van der Waals surface area contributed by atoms with Crippen molar-refractivity contribution in [1.82, 2.24) is 0 Å². The maximum absolute atomic E-state index is 12.6. The van der Waals surface area contributed by atoms with Crippen LogP contribution in [0.1, 0.15) is 52.7 Å². The number of esters is 1. The summed E-state index contributed by atoms with van der Waals surface area (Å²) in [5.41, 5.74) is 2.84. The standard InChI is InChI=1S/C21H24O3S/c1-15-13-18(20(23)17-9-5-3-6-10-17)14-16(2)21(15)24-19(22)11-7-4-8-12-25/h3,5-6,9-10,13-14,25H,4,7-8,11-12H2,1-2H3. The van der Waals surface area contributed by atoms with Crippen LogP contribution >= 0.6 is 12.6 Å². The smallest absolute Gasteiger partial charge is 0.311 e. The minimum atomic E-state index is -0.229. The Balaban J connectivity index is 2.09. The summed E-state index contributed by atoms with van der Waals surface area (Å²) in [5.74, 6) is 1.14. The van der Waals surface area contributed by atoms with E-state index in [0.29, 0.717) is 23.3 Å². The van der Waals surface area contributed by atoms with Crippen molar-refractivity contribution in [2.75, 3.05) is 5.75 Å². The van der Waals surface area contributed by atoms with Gasteiger partial charge in [-0.3, -0.25) is 9.59 Å². The first-order chi connectivity index (χ1) is 12.0. The van der Waals surface area contributed by atoms with Gasteiger partial charge in [-0.2, -0.15) is 12.6 Å². The molecule has 132 valence electrons. The Morgan fingerprint density at radius 3 is 2.16 bits per heavy atom. The number of aryl methyl sites for hydroxylation is 2. The summed E-state index contributed by atoms with van der Waals surface area (Å²) in [6, 6.07) is 12.7. The molecule has 0 atom stereocenters. The van der Waals surface area contributed by atoms with E-state index in [1.807, 2.05) is 32.0 Å². The van der Waals surface area contributed by atoms with Crippen LogP contribution in [0.15, 0.2) is 42.5 Å². The zero-order chi connectivity index (χ0) is 18.2. The fourth-order valence-corrected chi connectivity index (χ4v) is 2.94. The zero-order valence-electron chi connectivity index (χ0n) is 14.7. The summed E-state index contributed by atoms with van der Waals surface area (Å²) < 4.78 is 5.53. The van der Waals surface area contributed by atoms with E-state index in [-0.39, 0.29) is 11.8 Å². The number of carbonyl (C=O) groups is 2. The number of hydrogen-bond acceptors (Lipinski definition) is 4. The molecule has 0 radical (unpaired) electrons. The van der Waals surface area contributed by atoms with Crippen molar-refractivity contribution in [2.45, 2.75) is 39.5 Å². The number of thiol groups is 1. The highest BCUT2D eigenvalue weighted by molar-refractivity contribution is 7.80. The van der Waals surface area contributed by atoms with Gasteiger partial charge in [-0.15, -0.1) is 0 Å². The molecule has 0 spiro atoms. The second-order valence-corrected chi connectivity index (χ2v) is 6.59. The average molecular weight is 356 g/mol. The third-order valence-corrected chi connectivity index (χ3v) is 4.33. The lowest BCUT2D eigenvalue weighted by Crippen LogP contribution is -2.11. The minimum Gasteiger partial charge on any atom is -0.426 e. The summed E-state index contributed by atoms with van der Waals surface area (Å²) in [4.78, 5) is 24.6. The first-order valence-electron chi connectivity index (χ1n) is 8.55. The number of ether oxygens (including phenoxy) is 1. The normalized spacial score (nSPS) is 10.5. The molecular formula is C21H24O3S. The molecule has 2 rings (SSSR count). The topological polar surface area (TPSA) is 43.4 Å². The van der Waals surface area contributed by atoms with E-state index < -0.39 is 0 Å². The molecule has 0 heterocycles. The Morgan fingerprint density at radius 2 is 1.56 bits per heavy atom. The van der Waals surface area contributed by atoms with E-state index in [0.717, 1.165) is 36.1 Å². The minimum absolute atomic E-state index is 0.0311. The largest absolute Gasteiger partial charge is 0.426 e. The molecule has 0 bridgehead atoms. The highest BCUT2D eigenvalue weighted by Gasteiger charge is 2.15. The number of ketones is 1. The van der Waals surface area contributed by atoms with Crippen molar-refractivity contribution in [3.63, 3.8) is 0 Å². The summed E-state index contributed by atoms with van der Waals surface area (Å²) in [7, 11) is 0. The van der Waals surface area contributed by atoms with Crippen LogP contribution < -0.4 is 4.74 Å². The maximum atomic E-state index is 12.6. The summed E-state index contributed by atoms with van der Waals surface area (Å²) >= 11 is 4.16. The molecule has 3 nitrogen and oxygen atoms in total. The quantitative estimate of drug-likeness (QED) is 0.240. The molecule has 0 aliphatic rings. The first kappa shape index (κ1) is 19.3.